The second-order valence-corrected chi connectivity index (χ2v) is 2.10. The van der Waals surface area contributed by atoms with Crippen molar-refractivity contribution >= 4 is 0 Å². The molecule has 8 heavy (non-hydrogen) atoms. The topological polar surface area (TPSA) is 32.3 Å². The normalized spacial score (nSPS) is 29.1. The molecule has 0 aliphatic carbocycles. The fourth-order valence-corrected chi connectivity index (χ4v) is 0.919. The van der Waals surface area contributed by atoms with Crippen LogP contribution >= 0.6 is 0 Å². The second-order valence-electron chi connectivity index (χ2n) is 2.10. The van der Waals surface area contributed by atoms with Crippen molar-refractivity contribution in [1.82, 2.24) is 5.32 Å². The molecule has 0 radical (unpaired) electrons. The Morgan fingerprint density at radius 1 is 1.88 bits per heavy atom. The van der Waals surface area contributed by atoms with Crippen molar-refractivity contribution in [3.8, 4) is 0 Å². The molecule has 0 spiro atoms. The first-order valence-electron chi connectivity index (χ1n) is 2.86. The summed E-state index contributed by atoms with van der Waals surface area (Å²) in [6.07, 6.45) is 1.02. The third kappa shape index (κ3) is 0.904. The van der Waals surface area contributed by atoms with Gasteiger partial charge in [-0.1, -0.05) is 12.2 Å². The predicted octanol–water partition coefficient (Wildman–Crippen LogP) is -0.103. The van der Waals surface area contributed by atoms with Crippen LogP contribution in [0.2, 0.25) is 0 Å². The molecule has 1 aliphatic heterocycles. The van der Waals surface area contributed by atoms with Crippen LogP contribution in [0, 0.1) is 0 Å². The summed E-state index contributed by atoms with van der Waals surface area (Å²) < 4.78 is 0. The lowest BCUT2D eigenvalue weighted by atomic mass is 10.1. The van der Waals surface area contributed by atoms with E-state index in [-0.39, 0.29) is 12.6 Å². The van der Waals surface area contributed by atoms with Gasteiger partial charge in [-0.05, 0) is 13.0 Å². The molecule has 1 fully saturated rings. The van der Waals surface area contributed by atoms with Gasteiger partial charge in [0.25, 0.3) is 0 Å². The number of aliphatic hydroxyl groups excluding tert-OH is 1. The number of hydrogen-bond acceptors (Lipinski definition) is 2. The van der Waals surface area contributed by atoms with Gasteiger partial charge in [-0.3, -0.25) is 0 Å². The lowest BCUT2D eigenvalue weighted by Crippen LogP contribution is -2.25. The summed E-state index contributed by atoms with van der Waals surface area (Å²) in [5.41, 5.74) is 1.13. The van der Waals surface area contributed by atoms with Gasteiger partial charge >= 0.3 is 0 Å². The molecule has 2 nitrogen and oxygen atoms in total. The smallest absolute Gasteiger partial charge is 0.0623 e. The van der Waals surface area contributed by atoms with Gasteiger partial charge < -0.3 is 10.4 Å². The Morgan fingerprint density at radius 3 is 2.88 bits per heavy atom. The van der Waals surface area contributed by atoms with E-state index in [4.69, 9.17) is 5.11 Å². The average molecular weight is 113 g/mol. The maximum Gasteiger partial charge on any atom is 0.0623 e. The van der Waals surface area contributed by atoms with Crippen molar-refractivity contribution in [1.29, 1.82) is 0 Å². The first-order chi connectivity index (χ1) is 3.84. The quantitative estimate of drug-likeness (QED) is 0.465. The summed E-state index contributed by atoms with van der Waals surface area (Å²) in [5.74, 6) is 0. The number of nitrogens with one attached hydrogen (secondary N) is 1. The van der Waals surface area contributed by atoms with Crippen molar-refractivity contribution in [2.75, 3.05) is 13.2 Å². The summed E-state index contributed by atoms with van der Waals surface area (Å²) in [4.78, 5) is 0. The van der Waals surface area contributed by atoms with Crippen LogP contribution in [0.1, 0.15) is 6.42 Å². The van der Waals surface area contributed by atoms with Gasteiger partial charge in [0.05, 0.1) is 12.6 Å². The Kier molecular flexibility index (Phi) is 1.65. The van der Waals surface area contributed by atoms with Gasteiger partial charge in [-0.2, -0.15) is 0 Å². The molecule has 0 bridgehead atoms. The van der Waals surface area contributed by atoms with E-state index >= 15 is 0 Å². The van der Waals surface area contributed by atoms with Gasteiger partial charge in [0.2, 0.25) is 0 Å². The fraction of sp³-hybridized carbons (Fsp3) is 0.667. The monoisotopic (exact) mass is 113 g/mol. The van der Waals surface area contributed by atoms with Crippen molar-refractivity contribution in [3.05, 3.63) is 12.2 Å². The molecule has 2 heteroatoms. The summed E-state index contributed by atoms with van der Waals surface area (Å²) in [5, 5.41) is 11.7. The first-order valence-corrected chi connectivity index (χ1v) is 2.86. The zero-order valence-electron chi connectivity index (χ0n) is 4.85. The molecule has 0 saturated carbocycles. The van der Waals surface area contributed by atoms with Crippen LogP contribution in [0.3, 0.4) is 0 Å². The lowest BCUT2D eigenvalue weighted by Gasteiger charge is -2.04. The summed E-state index contributed by atoms with van der Waals surface area (Å²) in [6.45, 7) is 4.95. The molecular weight excluding hydrogens is 102 g/mol. The zero-order valence-corrected chi connectivity index (χ0v) is 4.85. The molecule has 1 atom stereocenters. The minimum absolute atomic E-state index is 0.176. The van der Waals surface area contributed by atoms with E-state index in [0.29, 0.717) is 0 Å². The van der Waals surface area contributed by atoms with Crippen LogP contribution in [0.25, 0.3) is 0 Å². The van der Waals surface area contributed by atoms with E-state index in [0.717, 1.165) is 18.5 Å². The molecule has 0 amide bonds. The van der Waals surface area contributed by atoms with Crippen LogP contribution in [0.15, 0.2) is 12.2 Å². The molecule has 1 rings (SSSR count). The molecule has 1 aliphatic rings. The molecule has 46 valence electrons. The number of aliphatic hydroxyl groups is 1. The van der Waals surface area contributed by atoms with Crippen molar-refractivity contribution in [3.63, 3.8) is 0 Å². The Balaban J connectivity index is 2.42. The summed E-state index contributed by atoms with van der Waals surface area (Å²) in [7, 11) is 0. The predicted molar refractivity (Wildman–Crippen MR) is 32.6 cm³/mol. The van der Waals surface area contributed by atoms with Crippen LogP contribution < -0.4 is 5.32 Å². The number of hydrogen-bond donors (Lipinski definition) is 2. The van der Waals surface area contributed by atoms with Crippen molar-refractivity contribution in [2.24, 2.45) is 0 Å². The SMILES string of the molecule is C=C1CCNC1CO. The highest BCUT2D eigenvalue weighted by Gasteiger charge is 2.15. The van der Waals surface area contributed by atoms with E-state index in [1.807, 2.05) is 0 Å². The Bertz CT molecular complexity index is 101. The first kappa shape index (κ1) is 5.79. The van der Waals surface area contributed by atoms with Crippen LogP contribution in [0.5, 0.6) is 0 Å². The van der Waals surface area contributed by atoms with Crippen LogP contribution in [-0.4, -0.2) is 24.3 Å². The highest BCUT2D eigenvalue weighted by molar-refractivity contribution is 5.10. The lowest BCUT2D eigenvalue weighted by molar-refractivity contribution is 0.270. The van der Waals surface area contributed by atoms with Gasteiger partial charge in [0, 0.05) is 0 Å². The third-order valence-electron chi connectivity index (χ3n) is 1.51. The van der Waals surface area contributed by atoms with Gasteiger partial charge in [0.15, 0.2) is 0 Å². The van der Waals surface area contributed by atoms with Crippen molar-refractivity contribution < 1.29 is 5.11 Å². The fourth-order valence-electron chi connectivity index (χ4n) is 0.919. The molecule has 0 aromatic heterocycles. The highest BCUT2D eigenvalue weighted by atomic mass is 16.3. The van der Waals surface area contributed by atoms with E-state index in [1.54, 1.807) is 0 Å². The average Bonchev–Trinajstić information content (AvgIpc) is 2.14. The minimum Gasteiger partial charge on any atom is -0.394 e. The Labute approximate surface area is 49.2 Å². The van der Waals surface area contributed by atoms with Gasteiger partial charge in [-0.25, -0.2) is 0 Å². The standard InChI is InChI=1S/C6H11NO/c1-5-2-3-7-6(5)4-8/h6-8H,1-4H2. The third-order valence-corrected chi connectivity index (χ3v) is 1.51. The Morgan fingerprint density at radius 2 is 2.62 bits per heavy atom. The van der Waals surface area contributed by atoms with Gasteiger partial charge in [0.1, 0.15) is 0 Å². The molecule has 1 unspecified atom stereocenters. The molecule has 1 saturated heterocycles. The molecule has 0 aromatic carbocycles. The molecule has 1 heterocycles. The maximum atomic E-state index is 8.61. The zero-order chi connectivity index (χ0) is 5.98. The van der Waals surface area contributed by atoms with Crippen LogP contribution in [-0.2, 0) is 0 Å². The van der Waals surface area contributed by atoms with E-state index in [1.165, 1.54) is 0 Å². The van der Waals surface area contributed by atoms with E-state index in [9.17, 15) is 0 Å². The molecular formula is C6H11NO. The number of rotatable bonds is 1. The summed E-state index contributed by atoms with van der Waals surface area (Å²) >= 11 is 0. The maximum absolute atomic E-state index is 8.61. The van der Waals surface area contributed by atoms with Crippen LogP contribution in [0.4, 0.5) is 0 Å². The summed E-state index contributed by atoms with van der Waals surface area (Å²) in [6, 6.07) is 0.176. The highest BCUT2D eigenvalue weighted by Crippen LogP contribution is 2.09. The van der Waals surface area contributed by atoms with E-state index in [2.05, 4.69) is 11.9 Å². The molecule has 0 aromatic rings. The largest absolute Gasteiger partial charge is 0.394 e. The molecule has 2 N–H and O–H groups in total. The Hall–Kier alpha value is -0.340. The minimum atomic E-state index is 0.176. The second kappa shape index (κ2) is 2.29. The van der Waals surface area contributed by atoms with Gasteiger partial charge in [-0.15, -0.1) is 0 Å². The van der Waals surface area contributed by atoms with E-state index < -0.39 is 0 Å². The van der Waals surface area contributed by atoms with Crippen molar-refractivity contribution in [2.45, 2.75) is 12.5 Å².